The fourth-order valence-corrected chi connectivity index (χ4v) is 3.08. The van der Waals surface area contributed by atoms with Gasteiger partial charge in [-0.05, 0) is 38.3 Å². The molecular weight excluding hydrogens is 248 g/mol. The number of para-hydroxylation sites is 1. The van der Waals surface area contributed by atoms with E-state index in [4.69, 9.17) is 10.2 Å². The van der Waals surface area contributed by atoms with Gasteiger partial charge in [-0.25, -0.2) is 4.98 Å². The highest BCUT2D eigenvalue weighted by Crippen LogP contribution is 2.29. The summed E-state index contributed by atoms with van der Waals surface area (Å²) in [4.78, 5) is 7.20. The van der Waals surface area contributed by atoms with Crippen LogP contribution in [0.2, 0.25) is 0 Å². The molecule has 0 N–H and O–H groups in total. The van der Waals surface area contributed by atoms with Crippen LogP contribution in [0.25, 0.3) is 11.0 Å². The normalized spacial score (nSPS) is 15.5. The highest BCUT2D eigenvalue weighted by atomic mass is 15.2. The van der Waals surface area contributed by atoms with Crippen molar-refractivity contribution in [1.29, 1.82) is 5.26 Å². The summed E-state index contributed by atoms with van der Waals surface area (Å²) in [5.41, 5.74) is 3.49. The second-order valence-electron chi connectivity index (χ2n) is 5.41. The van der Waals surface area contributed by atoms with Gasteiger partial charge in [0.25, 0.3) is 0 Å². The van der Waals surface area contributed by atoms with E-state index >= 15 is 0 Å². The minimum Gasteiger partial charge on any atom is -0.370 e. The van der Waals surface area contributed by atoms with E-state index < -0.39 is 0 Å². The maximum Gasteiger partial charge on any atom is 0.112 e. The van der Waals surface area contributed by atoms with Crippen molar-refractivity contribution in [3.8, 4) is 6.07 Å². The van der Waals surface area contributed by atoms with Crippen LogP contribution in [-0.2, 0) is 6.54 Å². The molecule has 0 saturated carbocycles. The lowest BCUT2D eigenvalue weighted by Crippen LogP contribution is -2.29. The Labute approximate surface area is 119 Å². The molecule has 1 aromatic carbocycles. The number of imidazole rings is 1. The van der Waals surface area contributed by atoms with E-state index in [1.165, 1.54) is 24.9 Å². The van der Waals surface area contributed by atoms with Crippen molar-refractivity contribution >= 4 is 16.7 Å². The van der Waals surface area contributed by atoms with Gasteiger partial charge in [0.05, 0.1) is 23.7 Å². The van der Waals surface area contributed by atoms with Crippen molar-refractivity contribution < 1.29 is 0 Å². The number of fused-ring (bicyclic) bond motifs is 1. The van der Waals surface area contributed by atoms with Crippen LogP contribution >= 0.6 is 0 Å². The first kappa shape index (κ1) is 13.0. The molecule has 104 valence electrons. The molecule has 0 radical (unpaired) electrons. The zero-order chi connectivity index (χ0) is 13.9. The summed E-state index contributed by atoms with van der Waals surface area (Å²) in [5, 5.41) is 8.79. The topological polar surface area (TPSA) is 44.9 Å². The predicted octanol–water partition coefficient (Wildman–Crippen LogP) is 3.25. The number of rotatable bonds is 3. The number of benzene rings is 1. The van der Waals surface area contributed by atoms with E-state index in [2.05, 4.69) is 33.7 Å². The molecule has 20 heavy (non-hydrogen) atoms. The molecule has 1 fully saturated rings. The van der Waals surface area contributed by atoms with Crippen LogP contribution in [0.1, 0.15) is 31.5 Å². The van der Waals surface area contributed by atoms with Gasteiger partial charge in [-0.3, -0.25) is 0 Å². The van der Waals surface area contributed by atoms with E-state index in [0.717, 1.165) is 36.5 Å². The SMILES string of the molecule is Cc1nc2c(N3CCCCC3)cccc2n1CCC#N. The maximum absolute atomic E-state index is 8.79. The number of aromatic nitrogens is 2. The zero-order valence-corrected chi connectivity index (χ0v) is 12.0. The van der Waals surface area contributed by atoms with E-state index in [-0.39, 0.29) is 0 Å². The first-order valence-corrected chi connectivity index (χ1v) is 7.39. The van der Waals surface area contributed by atoms with Crippen LogP contribution in [-0.4, -0.2) is 22.6 Å². The summed E-state index contributed by atoms with van der Waals surface area (Å²) in [6.45, 7) is 5.01. The molecule has 0 amide bonds. The standard InChI is InChI=1S/C16H20N4/c1-13-18-16-14(19-10-3-2-4-11-19)7-5-8-15(16)20(13)12-6-9-17/h5,7-8H,2-4,6,10-12H2,1H3. The van der Waals surface area contributed by atoms with Gasteiger partial charge in [-0.15, -0.1) is 0 Å². The number of piperidine rings is 1. The Kier molecular flexibility index (Phi) is 3.60. The number of aryl methyl sites for hydroxylation is 2. The fourth-order valence-electron chi connectivity index (χ4n) is 3.08. The second-order valence-corrected chi connectivity index (χ2v) is 5.41. The highest BCUT2D eigenvalue weighted by molar-refractivity contribution is 5.89. The van der Waals surface area contributed by atoms with Crippen LogP contribution in [0.4, 0.5) is 5.69 Å². The highest BCUT2D eigenvalue weighted by Gasteiger charge is 2.17. The van der Waals surface area contributed by atoms with E-state index in [9.17, 15) is 0 Å². The molecule has 4 heteroatoms. The number of anilines is 1. The molecule has 1 aliphatic rings. The van der Waals surface area contributed by atoms with E-state index in [0.29, 0.717) is 6.42 Å². The average Bonchev–Trinajstić information content (AvgIpc) is 2.81. The van der Waals surface area contributed by atoms with Gasteiger partial charge in [0.2, 0.25) is 0 Å². The minimum atomic E-state index is 0.528. The van der Waals surface area contributed by atoms with Crippen LogP contribution < -0.4 is 4.90 Å². The van der Waals surface area contributed by atoms with Crippen molar-refractivity contribution in [3.05, 3.63) is 24.0 Å². The third-order valence-electron chi connectivity index (χ3n) is 4.09. The summed E-state index contributed by atoms with van der Waals surface area (Å²) in [6.07, 6.45) is 4.40. The first-order valence-electron chi connectivity index (χ1n) is 7.39. The molecule has 3 rings (SSSR count). The molecule has 0 bridgehead atoms. The Balaban J connectivity index is 2.04. The van der Waals surface area contributed by atoms with Crippen molar-refractivity contribution in [1.82, 2.24) is 9.55 Å². The summed E-state index contributed by atoms with van der Waals surface area (Å²) >= 11 is 0. The second kappa shape index (κ2) is 5.54. The Hall–Kier alpha value is -2.02. The summed E-state index contributed by atoms with van der Waals surface area (Å²) < 4.78 is 2.16. The number of nitriles is 1. The maximum atomic E-state index is 8.79. The Morgan fingerprint density at radius 2 is 2.05 bits per heavy atom. The third-order valence-corrected chi connectivity index (χ3v) is 4.09. The molecule has 0 atom stereocenters. The van der Waals surface area contributed by atoms with Crippen LogP contribution in [0.5, 0.6) is 0 Å². The lowest BCUT2D eigenvalue weighted by Gasteiger charge is -2.28. The van der Waals surface area contributed by atoms with Gasteiger partial charge in [-0.2, -0.15) is 5.26 Å². The van der Waals surface area contributed by atoms with Gasteiger partial charge in [-0.1, -0.05) is 6.07 Å². The Bertz CT molecular complexity index is 644. The lowest BCUT2D eigenvalue weighted by molar-refractivity contribution is 0.579. The largest absolute Gasteiger partial charge is 0.370 e. The monoisotopic (exact) mass is 268 g/mol. The van der Waals surface area contributed by atoms with Gasteiger partial charge in [0, 0.05) is 19.6 Å². The molecule has 0 aliphatic carbocycles. The van der Waals surface area contributed by atoms with Gasteiger partial charge in [0.1, 0.15) is 11.3 Å². The van der Waals surface area contributed by atoms with Crippen molar-refractivity contribution in [2.24, 2.45) is 0 Å². The molecule has 2 aromatic rings. The molecule has 0 spiro atoms. The summed E-state index contributed by atoms with van der Waals surface area (Å²) in [7, 11) is 0. The Morgan fingerprint density at radius 3 is 2.80 bits per heavy atom. The number of nitrogens with zero attached hydrogens (tertiary/aromatic N) is 4. The van der Waals surface area contributed by atoms with Gasteiger partial charge >= 0.3 is 0 Å². The molecular formula is C16H20N4. The third kappa shape index (κ3) is 2.24. The van der Waals surface area contributed by atoms with Crippen LogP contribution in [0.15, 0.2) is 18.2 Å². The smallest absolute Gasteiger partial charge is 0.112 e. The zero-order valence-electron chi connectivity index (χ0n) is 12.0. The van der Waals surface area contributed by atoms with Gasteiger partial charge < -0.3 is 9.47 Å². The lowest BCUT2D eigenvalue weighted by atomic mass is 10.1. The molecule has 1 aliphatic heterocycles. The van der Waals surface area contributed by atoms with E-state index in [1.807, 2.05) is 6.92 Å². The average molecular weight is 268 g/mol. The molecule has 1 aromatic heterocycles. The quantitative estimate of drug-likeness (QED) is 0.858. The summed E-state index contributed by atoms with van der Waals surface area (Å²) in [5.74, 6) is 1.000. The number of hydrogen-bond donors (Lipinski definition) is 0. The van der Waals surface area contributed by atoms with Crippen molar-refractivity contribution in [3.63, 3.8) is 0 Å². The van der Waals surface area contributed by atoms with Crippen molar-refractivity contribution in [2.45, 2.75) is 39.2 Å². The molecule has 0 unspecified atom stereocenters. The Morgan fingerprint density at radius 1 is 1.25 bits per heavy atom. The summed E-state index contributed by atoms with van der Waals surface area (Å²) in [6, 6.07) is 8.61. The minimum absolute atomic E-state index is 0.528. The molecule has 1 saturated heterocycles. The van der Waals surface area contributed by atoms with E-state index in [1.54, 1.807) is 0 Å². The number of hydrogen-bond acceptors (Lipinski definition) is 3. The fraction of sp³-hybridized carbons (Fsp3) is 0.500. The van der Waals surface area contributed by atoms with Crippen LogP contribution in [0, 0.1) is 18.3 Å². The molecule has 4 nitrogen and oxygen atoms in total. The first-order chi connectivity index (χ1) is 9.81. The molecule has 2 heterocycles. The van der Waals surface area contributed by atoms with Gasteiger partial charge in [0.15, 0.2) is 0 Å². The van der Waals surface area contributed by atoms with Crippen LogP contribution in [0.3, 0.4) is 0 Å². The van der Waals surface area contributed by atoms with Crippen molar-refractivity contribution in [2.75, 3.05) is 18.0 Å². The predicted molar refractivity (Wildman–Crippen MR) is 80.8 cm³/mol.